The highest BCUT2D eigenvalue weighted by Gasteiger charge is 2.51. The summed E-state index contributed by atoms with van der Waals surface area (Å²) in [5.74, 6) is -0.340. The second-order valence-electron chi connectivity index (χ2n) is 7.92. The molecule has 0 aliphatic carbocycles. The molecule has 0 radical (unpaired) electrons. The molecule has 33 heavy (non-hydrogen) atoms. The number of pyridine rings is 1. The summed E-state index contributed by atoms with van der Waals surface area (Å²) < 4.78 is 5.21. The largest absolute Gasteiger partial charge is 0.497 e. The van der Waals surface area contributed by atoms with Crippen LogP contribution in [0.3, 0.4) is 0 Å². The van der Waals surface area contributed by atoms with Crippen molar-refractivity contribution in [2.45, 2.75) is 12.1 Å². The highest BCUT2D eigenvalue weighted by molar-refractivity contribution is 6.36. The predicted octanol–water partition coefficient (Wildman–Crippen LogP) is 3.06. The minimum absolute atomic E-state index is 0.0509. The first kappa shape index (κ1) is 21.0. The fourth-order valence-corrected chi connectivity index (χ4v) is 4.45. The molecule has 0 unspecified atom stereocenters. The number of methoxy groups -OCH3 is 1. The Bertz CT molecular complexity index is 1360. The van der Waals surface area contributed by atoms with Crippen molar-refractivity contribution >= 4 is 46.4 Å². The number of hydrogen-bond donors (Lipinski definition) is 2. The fraction of sp³-hybridized carbons (Fsp3) is 0.167. The molecule has 0 bridgehead atoms. The minimum atomic E-state index is -1.63. The minimum Gasteiger partial charge on any atom is -0.497 e. The van der Waals surface area contributed by atoms with Crippen molar-refractivity contribution in [1.82, 2.24) is 20.5 Å². The van der Waals surface area contributed by atoms with Gasteiger partial charge in [0.2, 0.25) is 0 Å². The summed E-state index contributed by atoms with van der Waals surface area (Å²) >= 11 is 6.66. The number of urea groups is 1. The molecule has 1 aromatic heterocycles. The fourth-order valence-electron chi connectivity index (χ4n) is 4.14. The monoisotopic (exact) mass is 462 g/mol. The van der Waals surface area contributed by atoms with Gasteiger partial charge in [0.05, 0.1) is 29.9 Å². The van der Waals surface area contributed by atoms with Crippen LogP contribution in [0.1, 0.15) is 21.6 Å². The number of aromatic nitrogens is 1. The number of halogens is 1. The van der Waals surface area contributed by atoms with Gasteiger partial charge < -0.3 is 15.0 Å². The van der Waals surface area contributed by atoms with E-state index >= 15 is 0 Å². The number of para-hydroxylation sites is 1. The Balaban J connectivity index is 1.49. The molecular formula is C24H19ClN4O4. The van der Waals surface area contributed by atoms with Gasteiger partial charge >= 0.3 is 6.03 Å². The van der Waals surface area contributed by atoms with E-state index in [1.807, 2.05) is 36.4 Å². The van der Waals surface area contributed by atoms with Crippen LogP contribution < -0.4 is 15.4 Å². The number of imide groups is 1. The zero-order valence-corrected chi connectivity index (χ0v) is 18.3. The van der Waals surface area contributed by atoms with Crippen molar-refractivity contribution in [1.29, 1.82) is 0 Å². The van der Waals surface area contributed by atoms with Gasteiger partial charge in [0, 0.05) is 17.5 Å². The SMILES string of the molecule is COc1ccc2c(c1)C(=O)N(C[C@@]1(/C(Cl)=C\c3ccc4ccccc4n3)NC(=O)NC1=O)C2. The lowest BCUT2D eigenvalue weighted by atomic mass is 9.97. The number of carbonyl (C=O) groups excluding carboxylic acids is 3. The zero-order valence-electron chi connectivity index (χ0n) is 17.6. The molecule has 2 N–H and O–H groups in total. The van der Waals surface area contributed by atoms with Crippen LogP contribution in [0, 0.1) is 0 Å². The van der Waals surface area contributed by atoms with E-state index in [9.17, 15) is 14.4 Å². The Morgan fingerprint density at radius 2 is 2.00 bits per heavy atom. The highest BCUT2D eigenvalue weighted by atomic mass is 35.5. The number of amides is 4. The molecule has 3 heterocycles. The lowest BCUT2D eigenvalue weighted by Gasteiger charge is -2.30. The van der Waals surface area contributed by atoms with E-state index in [-0.39, 0.29) is 24.0 Å². The molecule has 166 valence electrons. The molecule has 2 aliphatic heterocycles. The summed E-state index contributed by atoms with van der Waals surface area (Å²) in [7, 11) is 1.53. The Morgan fingerprint density at radius 3 is 2.76 bits per heavy atom. The summed E-state index contributed by atoms with van der Waals surface area (Å²) in [4.78, 5) is 44.1. The number of nitrogens with zero attached hydrogens (tertiary/aromatic N) is 2. The lowest BCUT2D eigenvalue weighted by molar-refractivity contribution is -0.122. The molecule has 9 heteroatoms. The van der Waals surface area contributed by atoms with Crippen molar-refractivity contribution in [3.8, 4) is 5.75 Å². The van der Waals surface area contributed by atoms with E-state index in [4.69, 9.17) is 16.3 Å². The summed E-state index contributed by atoms with van der Waals surface area (Å²) in [6.45, 7) is 0.144. The van der Waals surface area contributed by atoms with E-state index in [1.165, 1.54) is 18.1 Å². The number of hydrogen-bond acceptors (Lipinski definition) is 5. The normalized spacial score (nSPS) is 20.1. The van der Waals surface area contributed by atoms with E-state index in [1.54, 1.807) is 18.2 Å². The third-order valence-electron chi connectivity index (χ3n) is 5.87. The van der Waals surface area contributed by atoms with Crippen LogP contribution >= 0.6 is 11.6 Å². The van der Waals surface area contributed by atoms with Crippen molar-refractivity contribution in [2.75, 3.05) is 13.7 Å². The van der Waals surface area contributed by atoms with Gasteiger partial charge in [-0.1, -0.05) is 41.9 Å². The zero-order chi connectivity index (χ0) is 23.2. The predicted molar refractivity (Wildman–Crippen MR) is 123 cm³/mol. The number of rotatable bonds is 5. The van der Waals surface area contributed by atoms with E-state index in [0.29, 0.717) is 17.0 Å². The second kappa shape index (κ2) is 7.90. The summed E-state index contributed by atoms with van der Waals surface area (Å²) in [6.07, 6.45) is 1.54. The van der Waals surface area contributed by atoms with Crippen LogP contribution in [0.5, 0.6) is 5.75 Å². The van der Waals surface area contributed by atoms with Gasteiger partial charge in [-0.2, -0.15) is 0 Å². The third kappa shape index (κ3) is 3.58. The molecule has 1 saturated heterocycles. The van der Waals surface area contributed by atoms with Crippen LogP contribution in [-0.4, -0.2) is 46.9 Å². The molecular weight excluding hydrogens is 444 g/mol. The van der Waals surface area contributed by atoms with E-state index in [0.717, 1.165) is 16.5 Å². The van der Waals surface area contributed by atoms with Gasteiger partial charge in [0.25, 0.3) is 11.8 Å². The maximum absolute atomic E-state index is 13.1. The van der Waals surface area contributed by atoms with Crippen LogP contribution in [0.25, 0.3) is 17.0 Å². The van der Waals surface area contributed by atoms with Crippen molar-refractivity contribution < 1.29 is 19.1 Å². The standard InChI is InChI=1S/C24H19ClN4O4/c1-33-17-9-7-15-12-29(21(30)18(15)11-17)13-24(22(31)27-23(32)28-24)20(25)10-16-8-6-14-4-2-3-5-19(14)26-16/h2-11H,12-13H2,1H3,(H2,27,28,31,32)/b20-10+/t24-/m0/s1. The number of fused-ring (bicyclic) bond motifs is 2. The van der Waals surface area contributed by atoms with Gasteiger partial charge in [0.1, 0.15) is 5.75 Å². The van der Waals surface area contributed by atoms with Gasteiger partial charge in [-0.15, -0.1) is 0 Å². The third-order valence-corrected chi connectivity index (χ3v) is 6.30. The van der Waals surface area contributed by atoms with Gasteiger partial charge in [0.15, 0.2) is 5.54 Å². The highest BCUT2D eigenvalue weighted by Crippen LogP contribution is 2.33. The van der Waals surface area contributed by atoms with Crippen LogP contribution in [0.15, 0.2) is 59.6 Å². The molecule has 0 saturated carbocycles. The average Bonchev–Trinajstić information content (AvgIpc) is 3.28. The molecule has 3 aromatic rings. The van der Waals surface area contributed by atoms with Crippen molar-refractivity contribution in [3.63, 3.8) is 0 Å². The topological polar surface area (TPSA) is 101 Å². The Morgan fingerprint density at radius 1 is 1.18 bits per heavy atom. The van der Waals surface area contributed by atoms with Crippen LogP contribution in [-0.2, 0) is 11.3 Å². The molecule has 5 rings (SSSR count). The maximum atomic E-state index is 13.1. The number of carbonyl (C=O) groups is 3. The number of nitrogens with one attached hydrogen (secondary N) is 2. The molecule has 4 amide bonds. The molecule has 1 atom stereocenters. The van der Waals surface area contributed by atoms with Crippen molar-refractivity contribution in [3.05, 3.63) is 76.5 Å². The molecule has 2 aliphatic rings. The average molecular weight is 463 g/mol. The van der Waals surface area contributed by atoms with Gasteiger partial charge in [-0.25, -0.2) is 9.78 Å². The number of ether oxygens (including phenoxy) is 1. The summed E-state index contributed by atoms with van der Waals surface area (Å²) in [5.41, 5.74) is 0.951. The van der Waals surface area contributed by atoms with E-state index in [2.05, 4.69) is 15.6 Å². The van der Waals surface area contributed by atoms with Gasteiger partial charge in [-0.3, -0.25) is 14.9 Å². The molecule has 8 nitrogen and oxygen atoms in total. The van der Waals surface area contributed by atoms with Crippen LogP contribution in [0.2, 0.25) is 0 Å². The maximum Gasteiger partial charge on any atom is 0.322 e. The van der Waals surface area contributed by atoms with Gasteiger partial charge in [-0.05, 0) is 35.9 Å². The Hall–Kier alpha value is -3.91. The number of benzene rings is 2. The molecule has 1 fully saturated rings. The first-order chi connectivity index (χ1) is 15.9. The first-order valence-electron chi connectivity index (χ1n) is 10.2. The molecule has 0 spiro atoms. The molecule has 2 aromatic carbocycles. The van der Waals surface area contributed by atoms with Crippen molar-refractivity contribution in [2.24, 2.45) is 0 Å². The van der Waals surface area contributed by atoms with Crippen LogP contribution in [0.4, 0.5) is 4.79 Å². The first-order valence-corrected chi connectivity index (χ1v) is 10.6. The Kier molecular flexibility index (Phi) is 5.02. The smallest absolute Gasteiger partial charge is 0.322 e. The summed E-state index contributed by atoms with van der Waals surface area (Å²) in [5, 5.41) is 5.88. The van der Waals surface area contributed by atoms with E-state index < -0.39 is 17.5 Å². The summed E-state index contributed by atoms with van der Waals surface area (Å²) in [6, 6.07) is 15.8. The quantitative estimate of drug-likeness (QED) is 0.567. The lowest BCUT2D eigenvalue weighted by Crippen LogP contribution is -2.55. The Labute approximate surface area is 194 Å². The second-order valence-corrected chi connectivity index (χ2v) is 8.33.